The number of hydrogen-bond acceptors (Lipinski definition) is 6. The molecule has 154 valence electrons. The van der Waals surface area contributed by atoms with E-state index in [0.717, 1.165) is 18.8 Å². The Hall–Kier alpha value is -3.58. The van der Waals surface area contributed by atoms with E-state index in [2.05, 4.69) is 15.2 Å². The van der Waals surface area contributed by atoms with Crippen LogP contribution in [0.4, 0.5) is 11.4 Å². The largest absolute Gasteiger partial charge is 0.497 e. The van der Waals surface area contributed by atoms with Crippen LogP contribution >= 0.6 is 0 Å². The summed E-state index contributed by atoms with van der Waals surface area (Å²) in [6.45, 7) is 2.85. The van der Waals surface area contributed by atoms with E-state index >= 15 is 0 Å². The van der Waals surface area contributed by atoms with Crippen molar-refractivity contribution in [2.45, 2.75) is 0 Å². The summed E-state index contributed by atoms with van der Waals surface area (Å²) in [4.78, 5) is 19.3. The summed E-state index contributed by atoms with van der Waals surface area (Å²) in [7, 11) is 1.60. The standard InChI is InChI=1S/C23H23N3O4/c1-28-18-5-4-6-19(15-18)30-22-10-9-17(16-24-22)25-23(27)20-7-2-3-8-21(20)26-11-13-29-14-12-26/h2-10,15-16H,11-14H2,1H3,(H,25,27). The molecule has 1 aliphatic heterocycles. The molecule has 2 heterocycles. The van der Waals surface area contributed by atoms with E-state index < -0.39 is 0 Å². The van der Waals surface area contributed by atoms with Gasteiger partial charge in [0.05, 0.1) is 37.8 Å². The lowest BCUT2D eigenvalue weighted by Gasteiger charge is -2.30. The SMILES string of the molecule is COc1cccc(Oc2ccc(NC(=O)c3ccccc3N3CCOCC3)cn2)c1. The molecule has 0 spiro atoms. The second-order valence-corrected chi connectivity index (χ2v) is 6.74. The third-order valence-electron chi connectivity index (χ3n) is 4.76. The van der Waals surface area contributed by atoms with E-state index in [1.165, 1.54) is 0 Å². The van der Waals surface area contributed by atoms with E-state index in [4.69, 9.17) is 14.2 Å². The highest BCUT2D eigenvalue weighted by molar-refractivity contribution is 6.08. The molecule has 0 saturated carbocycles. The number of nitrogens with one attached hydrogen (secondary N) is 1. The molecule has 1 saturated heterocycles. The monoisotopic (exact) mass is 405 g/mol. The first-order valence-corrected chi connectivity index (χ1v) is 9.74. The molecule has 30 heavy (non-hydrogen) atoms. The Morgan fingerprint density at radius 2 is 1.83 bits per heavy atom. The average molecular weight is 405 g/mol. The molecular formula is C23H23N3O4. The van der Waals surface area contributed by atoms with Gasteiger partial charge < -0.3 is 24.4 Å². The fourth-order valence-corrected chi connectivity index (χ4v) is 3.24. The Kier molecular flexibility index (Phi) is 6.10. The number of nitrogens with zero attached hydrogens (tertiary/aromatic N) is 2. The summed E-state index contributed by atoms with van der Waals surface area (Å²) in [5.41, 5.74) is 2.12. The number of carbonyl (C=O) groups is 1. The highest BCUT2D eigenvalue weighted by atomic mass is 16.5. The number of ether oxygens (including phenoxy) is 3. The number of morpholine rings is 1. The minimum atomic E-state index is -0.180. The van der Waals surface area contributed by atoms with Crippen LogP contribution in [0.25, 0.3) is 0 Å². The quantitative estimate of drug-likeness (QED) is 0.669. The third-order valence-corrected chi connectivity index (χ3v) is 4.76. The van der Waals surface area contributed by atoms with Crippen molar-refractivity contribution in [1.82, 2.24) is 4.98 Å². The molecular weight excluding hydrogens is 382 g/mol. The molecule has 4 rings (SSSR count). The number of hydrogen-bond donors (Lipinski definition) is 1. The number of carbonyl (C=O) groups excluding carboxylic acids is 1. The van der Waals surface area contributed by atoms with Gasteiger partial charge in [0.25, 0.3) is 5.91 Å². The molecule has 0 aliphatic carbocycles. The minimum Gasteiger partial charge on any atom is -0.497 e. The van der Waals surface area contributed by atoms with E-state index in [-0.39, 0.29) is 5.91 Å². The number of benzene rings is 2. The van der Waals surface area contributed by atoms with Gasteiger partial charge in [-0.25, -0.2) is 4.98 Å². The van der Waals surface area contributed by atoms with Gasteiger partial charge in [0, 0.05) is 30.9 Å². The lowest BCUT2D eigenvalue weighted by molar-refractivity contribution is 0.102. The molecule has 1 aromatic heterocycles. The number of para-hydroxylation sites is 1. The van der Waals surface area contributed by atoms with E-state index in [1.807, 2.05) is 42.5 Å². The Morgan fingerprint density at radius 3 is 2.60 bits per heavy atom. The van der Waals surface area contributed by atoms with Crippen LogP contribution < -0.4 is 19.7 Å². The number of anilines is 2. The van der Waals surface area contributed by atoms with Crippen molar-refractivity contribution in [2.24, 2.45) is 0 Å². The van der Waals surface area contributed by atoms with Crippen molar-refractivity contribution in [3.8, 4) is 17.4 Å². The number of methoxy groups -OCH3 is 1. The number of pyridine rings is 1. The zero-order valence-corrected chi connectivity index (χ0v) is 16.7. The van der Waals surface area contributed by atoms with Gasteiger partial charge in [0.1, 0.15) is 11.5 Å². The lowest BCUT2D eigenvalue weighted by Crippen LogP contribution is -2.37. The lowest BCUT2D eigenvalue weighted by atomic mass is 10.1. The summed E-state index contributed by atoms with van der Waals surface area (Å²) >= 11 is 0. The topological polar surface area (TPSA) is 72.9 Å². The maximum atomic E-state index is 12.9. The van der Waals surface area contributed by atoms with Crippen molar-refractivity contribution < 1.29 is 19.0 Å². The predicted molar refractivity (Wildman–Crippen MR) is 115 cm³/mol. The molecule has 1 aliphatic rings. The van der Waals surface area contributed by atoms with Crippen molar-refractivity contribution in [3.05, 3.63) is 72.4 Å². The summed E-state index contributed by atoms with van der Waals surface area (Å²) in [6, 6.07) is 18.3. The second kappa shape index (κ2) is 9.28. The van der Waals surface area contributed by atoms with Crippen LogP contribution in [0.15, 0.2) is 66.9 Å². The Balaban J connectivity index is 1.44. The van der Waals surface area contributed by atoms with Crippen LogP contribution in [-0.4, -0.2) is 44.3 Å². The van der Waals surface area contributed by atoms with Gasteiger partial charge in [-0.05, 0) is 30.3 Å². The van der Waals surface area contributed by atoms with Gasteiger partial charge >= 0.3 is 0 Å². The van der Waals surface area contributed by atoms with E-state index in [0.29, 0.717) is 41.8 Å². The molecule has 1 amide bonds. The van der Waals surface area contributed by atoms with Crippen molar-refractivity contribution >= 4 is 17.3 Å². The van der Waals surface area contributed by atoms with Crippen LogP contribution in [0, 0.1) is 0 Å². The Bertz CT molecular complexity index is 1000. The molecule has 0 unspecified atom stereocenters. The maximum Gasteiger partial charge on any atom is 0.257 e. The first-order valence-electron chi connectivity index (χ1n) is 9.74. The first kappa shape index (κ1) is 19.7. The van der Waals surface area contributed by atoms with Crippen molar-refractivity contribution in [2.75, 3.05) is 43.6 Å². The molecule has 7 nitrogen and oxygen atoms in total. The molecule has 2 aromatic carbocycles. The third kappa shape index (κ3) is 4.69. The molecule has 0 radical (unpaired) electrons. The normalized spacial score (nSPS) is 13.6. The van der Waals surface area contributed by atoms with Gasteiger partial charge in [-0.15, -0.1) is 0 Å². The van der Waals surface area contributed by atoms with Crippen LogP contribution in [-0.2, 0) is 4.74 Å². The fourth-order valence-electron chi connectivity index (χ4n) is 3.24. The first-order chi connectivity index (χ1) is 14.7. The smallest absolute Gasteiger partial charge is 0.257 e. The molecule has 3 aromatic rings. The van der Waals surface area contributed by atoms with Crippen molar-refractivity contribution in [1.29, 1.82) is 0 Å². The van der Waals surface area contributed by atoms with E-state index in [1.54, 1.807) is 31.5 Å². The second-order valence-electron chi connectivity index (χ2n) is 6.74. The number of aromatic nitrogens is 1. The highest BCUT2D eigenvalue weighted by Gasteiger charge is 2.18. The van der Waals surface area contributed by atoms with Gasteiger partial charge in [-0.1, -0.05) is 18.2 Å². The Morgan fingerprint density at radius 1 is 1.03 bits per heavy atom. The molecule has 0 atom stereocenters. The summed E-state index contributed by atoms with van der Waals surface area (Å²) in [5.74, 6) is 1.57. The number of amides is 1. The molecule has 1 fully saturated rings. The minimum absolute atomic E-state index is 0.180. The molecule has 0 bridgehead atoms. The number of rotatable bonds is 6. The fraction of sp³-hybridized carbons (Fsp3) is 0.217. The van der Waals surface area contributed by atoms with Crippen LogP contribution in [0.3, 0.4) is 0 Å². The van der Waals surface area contributed by atoms with E-state index in [9.17, 15) is 4.79 Å². The zero-order chi connectivity index (χ0) is 20.8. The van der Waals surface area contributed by atoms with Gasteiger partial charge in [-0.3, -0.25) is 4.79 Å². The maximum absolute atomic E-state index is 12.9. The summed E-state index contributed by atoms with van der Waals surface area (Å²) in [5, 5.41) is 2.91. The van der Waals surface area contributed by atoms with Crippen LogP contribution in [0.5, 0.6) is 17.4 Å². The van der Waals surface area contributed by atoms with Crippen LogP contribution in [0.1, 0.15) is 10.4 Å². The predicted octanol–water partition coefficient (Wildman–Crippen LogP) is 3.97. The molecule has 7 heteroatoms. The van der Waals surface area contributed by atoms with Crippen molar-refractivity contribution in [3.63, 3.8) is 0 Å². The highest BCUT2D eigenvalue weighted by Crippen LogP contribution is 2.25. The average Bonchev–Trinajstić information content (AvgIpc) is 2.81. The van der Waals surface area contributed by atoms with Gasteiger partial charge in [-0.2, -0.15) is 0 Å². The zero-order valence-electron chi connectivity index (χ0n) is 16.7. The van der Waals surface area contributed by atoms with Gasteiger partial charge in [0.15, 0.2) is 0 Å². The summed E-state index contributed by atoms with van der Waals surface area (Å²) in [6.07, 6.45) is 1.57. The molecule has 1 N–H and O–H groups in total. The van der Waals surface area contributed by atoms with Gasteiger partial charge in [0.2, 0.25) is 5.88 Å². The Labute approximate surface area is 175 Å². The van der Waals surface area contributed by atoms with Crippen LogP contribution in [0.2, 0.25) is 0 Å². The summed E-state index contributed by atoms with van der Waals surface area (Å²) < 4.78 is 16.3.